The molecule has 0 aliphatic rings. The summed E-state index contributed by atoms with van der Waals surface area (Å²) in [5.41, 5.74) is 0.408. The Hall–Kier alpha value is -1.75. The van der Waals surface area contributed by atoms with Gasteiger partial charge in [0.05, 0.1) is 12.1 Å². The molecule has 1 aromatic carbocycles. The minimum Gasteiger partial charge on any atom is -0.495 e. The summed E-state index contributed by atoms with van der Waals surface area (Å²) in [6.07, 6.45) is 1.57. The summed E-state index contributed by atoms with van der Waals surface area (Å²) in [6, 6.07) is 3.52. The van der Waals surface area contributed by atoms with Gasteiger partial charge in [0.15, 0.2) is 6.04 Å². The first-order chi connectivity index (χ1) is 9.90. The van der Waals surface area contributed by atoms with Crippen molar-refractivity contribution in [3.05, 3.63) is 28.8 Å². The van der Waals surface area contributed by atoms with E-state index >= 15 is 0 Å². The second-order valence-electron chi connectivity index (χ2n) is 4.86. The van der Waals surface area contributed by atoms with E-state index in [1.54, 1.807) is 19.1 Å². The van der Waals surface area contributed by atoms with E-state index in [2.05, 4.69) is 5.32 Å². The Bertz CT molecular complexity index is 518. The number of aliphatic carboxylic acids is 1. The molecule has 0 saturated carbocycles. The highest BCUT2D eigenvalue weighted by molar-refractivity contribution is 6.32. The smallest absolute Gasteiger partial charge is 0.330 e. The highest BCUT2D eigenvalue weighted by atomic mass is 35.5. The molecule has 0 aliphatic carbocycles. The van der Waals surface area contributed by atoms with Crippen molar-refractivity contribution in [2.24, 2.45) is 5.92 Å². The van der Waals surface area contributed by atoms with Crippen LogP contribution in [0.4, 0.5) is 0 Å². The zero-order valence-corrected chi connectivity index (χ0v) is 13.1. The molecule has 0 aromatic heterocycles. The molecule has 0 bridgehead atoms. The van der Waals surface area contributed by atoms with E-state index in [4.69, 9.17) is 16.3 Å². The van der Waals surface area contributed by atoms with Gasteiger partial charge in [0.25, 0.3) is 0 Å². The SMILES string of the molecule is CCCC(C)C(=O)NC(C(=O)O)c1ccc(OC)c(Cl)c1. The number of hydrogen-bond donors (Lipinski definition) is 2. The lowest BCUT2D eigenvalue weighted by Crippen LogP contribution is -2.37. The Kier molecular flexibility index (Phi) is 6.49. The zero-order chi connectivity index (χ0) is 16.0. The third-order valence-corrected chi connectivity index (χ3v) is 3.51. The van der Waals surface area contributed by atoms with Gasteiger partial charge in [-0.2, -0.15) is 0 Å². The van der Waals surface area contributed by atoms with Crippen LogP contribution in [0.25, 0.3) is 0 Å². The third kappa shape index (κ3) is 4.63. The Balaban J connectivity index is 2.95. The average molecular weight is 314 g/mol. The maximum Gasteiger partial charge on any atom is 0.330 e. The number of carboxylic acids is 1. The molecule has 0 saturated heterocycles. The summed E-state index contributed by atoms with van der Waals surface area (Å²) in [6.45, 7) is 3.75. The molecule has 116 valence electrons. The number of nitrogens with one attached hydrogen (secondary N) is 1. The fourth-order valence-corrected chi connectivity index (χ4v) is 2.26. The molecule has 2 unspecified atom stereocenters. The molecule has 5 nitrogen and oxygen atoms in total. The molecular weight excluding hydrogens is 294 g/mol. The number of ether oxygens (including phenoxy) is 1. The van der Waals surface area contributed by atoms with Crippen molar-refractivity contribution in [3.63, 3.8) is 0 Å². The van der Waals surface area contributed by atoms with E-state index in [9.17, 15) is 14.7 Å². The van der Waals surface area contributed by atoms with Crippen LogP contribution in [0.2, 0.25) is 5.02 Å². The second-order valence-corrected chi connectivity index (χ2v) is 5.27. The normalized spacial score (nSPS) is 13.3. The minimum absolute atomic E-state index is 0.231. The van der Waals surface area contributed by atoms with E-state index in [1.807, 2.05) is 6.92 Å². The number of carbonyl (C=O) groups is 2. The number of benzene rings is 1. The van der Waals surface area contributed by atoms with Gasteiger partial charge in [-0.15, -0.1) is 0 Å². The third-order valence-electron chi connectivity index (χ3n) is 3.21. The summed E-state index contributed by atoms with van der Waals surface area (Å²) in [4.78, 5) is 23.4. The molecule has 1 amide bonds. The van der Waals surface area contributed by atoms with Gasteiger partial charge in [-0.1, -0.05) is 37.9 Å². The van der Waals surface area contributed by atoms with Crippen molar-refractivity contribution >= 4 is 23.5 Å². The zero-order valence-electron chi connectivity index (χ0n) is 12.4. The summed E-state index contributed by atoms with van der Waals surface area (Å²) < 4.78 is 5.02. The summed E-state index contributed by atoms with van der Waals surface area (Å²) in [5.74, 6) is -1.19. The Morgan fingerprint density at radius 1 is 1.43 bits per heavy atom. The summed E-state index contributed by atoms with van der Waals surface area (Å²) >= 11 is 6.00. The number of carbonyl (C=O) groups excluding carboxylic acids is 1. The van der Waals surface area contributed by atoms with E-state index in [-0.39, 0.29) is 11.8 Å². The number of rotatable bonds is 7. The Morgan fingerprint density at radius 3 is 2.57 bits per heavy atom. The van der Waals surface area contributed by atoms with Gasteiger partial charge in [-0.3, -0.25) is 4.79 Å². The quantitative estimate of drug-likeness (QED) is 0.811. The second kappa shape index (κ2) is 7.88. The molecule has 1 rings (SSSR count). The maximum absolute atomic E-state index is 12.0. The van der Waals surface area contributed by atoms with Gasteiger partial charge in [-0.05, 0) is 24.1 Å². The molecule has 0 spiro atoms. The van der Waals surface area contributed by atoms with Crippen molar-refractivity contribution in [3.8, 4) is 5.75 Å². The van der Waals surface area contributed by atoms with Crippen LogP contribution in [0.5, 0.6) is 5.75 Å². The maximum atomic E-state index is 12.0. The lowest BCUT2D eigenvalue weighted by Gasteiger charge is -2.18. The summed E-state index contributed by atoms with van der Waals surface area (Å²) in [7, 11) is 1.48. The molecule has 0 heterocycles. The topological polar surface area (TPSA) is 75.6 Å². The number of hydrogen-bond acceptors (Lipinski definition) is 3. The lowest BCUT2D eigenvalue weighted by molar-refractivity contribution is -0.142. The first kappa shape index (κ1) is 17.3. The largest absolute Gasteiger partial charge is 0.495 e. The number of carboxylic acid groups (broad SMARTS) is 1. The highest BCUT2D eigenvalue weighted by Gasteiger charge is 2.25. The van der Waals surface area contributed by atoms with E-state index in [0.29, 0.717) is 22.8 Å². The van der Waals surface area contributed by atoms with Gasteiger partial charge in [0, 0.05) is 5.92 Å². The van der Waals surface area contributed by atoms with Crippen molar-refractivity contribution in [2.45, 2.75) is 32.7 Å². The lowest BCUT2D eigenvalue weighted by atomic mass is 10.0. The van der Waals surface area contributed by atoms with Crippen LogP contribution in [-0.4, -0.2) is 24.1 Å². The fourth-order valence-electron chi connectivity index (χ4n) is 2.00. The van der Waals surface area contributed by atoms with Crippen LogP contribution < -0.4 is 10.1 Å². The first-order valence-corrected chi connectivity index (χ1v) is 7.15. The predicted octanol–water partition coefficient (Wildman–Crippen LogP) is 3.03. The average Bonchev–Trinajstić information content (AvgIpc) is 2.44. The number of halogens is 1. The molecule has 0 aliphatic heterocycles. The molecule has 6 heteroatoms. The van der Waals surface area contributed by atoms with Gasteiger partial charge >= 0.3 is 5.97 Å². The summed E-state index contributed by atoms with van der Waals surface area (Å²) in [5, 5.41) is 12.2. The molecule has 0 radical (unpaired) electrons. The van der Waals surface area contributed by atoms with Crippen LogP contribution in [0.3, 0.4) is 0 Å². The molecule has 2 atom stereocenters. The monoisotopic (exact) mass is 313 g/mol. The number of methoxy groups -OCH3 is 1. The first-order valence-electron chi connectivity index (χ1n) is 6.77. The molecule has 0 fully saturated rings. The molecule has 1 aromatic rings. The fraction of sp³-hybridized carbons (Fsp3) is 0.467. The van der Waals surface area contributed by atoms with Crippen molar-refractivity contribution in [1.29, 1.82) is 0 Å². The van der Waals surface area contributed by atoms with Gasteiger partial charge in [0.2, 0.25) is 5.91 Å². The van der Waals surface area contributed by atoms with Crippen LogP contribution >= 0.6 is 11.6 Å². The van der Waals surface area contributed by atoms with Crippen molar-refractivity contribution in [2.75, 3.05) is 7.11 Å². The molecule has 21 heavy (non-hydrogen) atoms. The van der Waals surface area contributed by atoms with Gasteiger partial charge < -0.3 is 15.2 Å². The number of amides is 1. The molecule has 2 N–H and O–H groups in total. The van der Waals surface area contributed by atoms with Crippen LogP contribution in [-0.2, 0) is 9.59 Å². The van der Waals surface area contributed by atoms with E-state index < -0.39 is 12.0 Å². The van der Waals surface area contributed by atoms with Crippen LogP contribution in [0, 0.1) is 5.92 Å². The Morgan fingerprint density at radius 2 is 2.10 bits per heavy atom. The predicted molar refractivity (Wildman–Crippen MR) is 80.6 cm³/mol. The molecular formula is C15H20ClNO4. The minimum atomic E-state index is -1.13. The highest BCUT2D eigenvalue weighted by Crippen LogP contribution is 2.28. The van der Waals surface area contributed by atoms with Crippen molar-refractivity contribution < 1.29 is 19.4 Å². The van der Waals surface area contributed by atoms with Gasteiger partial charge in [0.1, 0.15) is 5.75 Å². The van der Waals surface area contributed by atoms with Crippen LogP contribution in [0.15, 0.2) is 18.2 Å². The van der Waals surface area contributed by atoms with Gasteiger partial charge in [-0.25, -0.2) is 4.79 Å². The van der Waals surface area contributed by atoms with E-state index in [1.165, 1.54) is 13.2 Å². The van der Waals surface area contributed by atoms with E-state index in [0.717, 1.165) is 6.42 Å². The Labute approximate surface area is 129 Å². The van der Waals surface area contributed by atoms with Crippen molar-refractivity contribution in [1.82, 2.24) is 5.32 Å². The standard InChI is InChI=1S/C15H20ClNO4/c1-4-5-9(2)14(18)17-13(15(19)20)10-6-7-12(21-3)11(16)8-10/h6-9,13H,4-5H2,1-3H3,(H,17,18)(H,19,20). The van der Waals surface area contributed by atoms with Crippen LogP contribution in [0.1, 0.15) is 38.3 Å².